The van der Waals surface area contributed by atoms with Crippen LogP contribution in [0.25, 0.3) is 10.1 Å². The second kappa shape index (κ2) is 8.12. The fraction of sp³-hybridized carbons (Fsp3) is 0.273. The Bertz CT molecular complexity index is 1190. The van der Waals surface area contributed by atoms with Crippen LogP contribution in [0.1, 0.15) is 40.7 Å². The van der Waals surface area contributed by atoms with Crippen molar-refractivity contribution >= 4 is 38.0 Å². The first kappa shape index (κ1) is 21.0. The molecule has 0 bridgehead atoms. The van der Waals surface area contributed by atoms with Crippen molar-refractivity contribution in [3.8, 4) is 11.8 Å². The summed E-state index contributed by atoms with van der Waals surface area (Å²) in [5.41, 5.74) is -0.235. The van der Waals surface area contributed by atoms with Crippen molar-refractivity contribution in [1.29, 1.82) is 5.26 Å². The van der Waals surface area contributed by atoms with E-state index in [1.54, 1.807) is 6.07 Å². The third kappa shape index (κ3) is 4.03. The molecule has 2 heterocycles. The molecule has 4 rings (SSSR count). The molecule has 1 aromatic heterocycles. The molecule has 5 nitrogen and oxygen atoms in total. The fourth-order valence-electron chi connectivity index (χ4n) is 3.77. The summed E-state index contributed by atoms with van der Waals surface area (Å²) in [6.45, 7) is 1.55. The average Bonchev–Trinajstić information content (AvgIpc) is 3.10. The number of thiophene rings is 1. The van der Waals surface area contributed by atoms with Crippen LogP contribution in [0.5, 0.6) is 5.75 Å². The summed E-state index contributed by atoms with van der Waals surface area (Å²) in [4.78, 5) is 14.7. The second-order valence-corrected chi connectivity index (χ2v) is 8.33. The van der Waals surface area contributed by atoms with E-state index in [2.05, 4.69) is 16.3 Å². The van der Waals surface area contributed by atoms with Crippen LogP contribution in [0.15, 0.2) is 36.4 Å². The van der Waals surface area contributed by atoms with Crippen molar-refractivity contribution in [1.82, 2.24) is 0 Å². The molecule has 9 heteroatoms. The van der Waals surface area contributed by atoms with E-state index in [0.717, 1.165) is 55.8 Å². The van der Waals surface area contributed by atoms with Crippen molar-refractivity contribution in [2.75, 3.05) is 23.3 Å². The van der Waals surface area contributed by atoms with Crippen LogP contribution in [0.3, 0.4) is 0 Å². The predicted molar refractivity (Wildman–Crippen MR) is 114 cm³/mol. The van der Waals surface area contributed by atoms with E-state index in [9.17, 15) is 28.3 Å². The number of fused-ring (bicyclic) bond motifs is 1. The highest BCUT2D eigenvalue weighted by molar-refractivity contribution is 7.24. The first-order valence-electron chi connectivity index (χ1n) is 9.71. The number of alkyl halides is 3. The molecule has 3 aromatic rings. The lowest BCUT2D eigenvalue weighted by atomic mass is 10.1. The number of phenols is 1. The molecule has 0 unspecified atom stereocenters. The van der Waals surface area contributed by atoms with Gasteiger partial charge in [0.25, 0.3) is 5.91 Å². The molecule has 160 valence electrons. The molecule has 1 saturated heterocycles. The minimum absolute atomic E-state index is 0.0934. The van der Waals surface area contributed by atoms with Gasteiger partial charge in [0.1, 0.15) is 16.8 Å². The Hall–Kier alpha value is -3.25. The predicted octanol–water partition coefficient (Wildman–Crippen LogP) is 5.74. The summed E-state index contributed by atoms with van der Waals surface area (Å²) in [6, 6.07) is 9.34. The van der Waals surface area contributed by atoms with Gasteiger partial charge in [-0.3, -0.25) is 4.79 Å². The lowest BCUT2D eigenvalue weighted by Gasteiger charge is -2.29. The SMILES string of the molecule is N#Cc1c(NC(=O)c2cccc(C(F)(F)F)c2)sc2c(N3CCCCC3)c(O)ccc12. The van der Waals surface area contributed by atoms with Crippen LogP contribution in [-0.2, 0) is 6.18 Å². The number of halogens is 3. The van der Waals surface area contributed by atoms with E-state index in [1.165, 1.54) is 18.2 Å². The maximum absolute atomic E-state index is 13.0. The molecule has 0 spiro atoms. The molecule has 0 radical (unpaired) electrons. The molecule has 0 saturated carbocycles. The number of hydrogen-bond donors (Lipinski definition) is 2. The minimum Gasteiger partial charge on any atom is -0.506 e. The number of amides is 1. The van der Waals surface area contributed by atoms with Crippen molar-refractivity contribution < 1.29 is 23.1 Å². The summed E-state index contributed by atoms with van der Waals surface area (Å²) in [6.07, 6.45) is -1.47. The highest BCUT2D eigenvalue weighted by Gasteiger charge is 2.31. The van der Waals surface area contributed by atoms with Gasteiger partial charge in [0.2, 0.25) is 0 Å². The maximum atomic E-state index is 13.0. The van der Waals surface area contributed by atoms with Crippen LogP contribution in [0.4, 0.5) is 23.9 Å². The summed E-state index contributed by atoms with van der Waals surface area (Å²) >= 11 is 1.14. The number of nitrogens with zero attached hydrogens (tertiary/aromatic N) is 2. The number of benzene rings is 2. The van der Waals surface area contributed by atoms with E-state index >= 15 is 0 Å². The van der Waals surface area contributed by atoms with Crippen LogP contribution >= 0.6 is 11.3 Å². The summed E-state index contributed by atoms with van der Waals surface area (Å²) < 4.78 is 39.6. The number of phenolic OH excluding ortho intramolecular Hbond substituents is 1. The molecule has 2 aromatic carbocycles. The zero-order valence-corrected chi connectivity index (χ0v) is 17.1. The highest BCUT2D eigenvalue weighted by atomic mass is 32.1. The number of aromatic hydroxyl groups is 1. The largest absolute Gasteiger partial charge is 0.506 e. The van der Waals surface area contributed by atoms with Gasteiger partial charge in [-0.25, -0.2) is 0 Å². The Morgan fingerprint density at radius 2 is 1.90 bits per heavy atom. The standard InChI is InChI=1S/C22H18F3N3O2S/c23-22(24,25)14-6-4-5-13(11-14)20(30)27-21-16(12-26)15-7-8-17(29)18(19(15)31-21)28-9-2-1-3-10-28/h4-8,11,29H,1-3,9-10H2,(H,27,30). The van der Waals surface area contributed by atoms with E-state index < -0.39 is 17.6 Å². The molecule has 1 amide bonds. The molecule has 31 heavy (non-hydrogen) atoms. The number of nitriles is 1. The summed E-state index contributed by atoms with van der Waals surface area (Å²) in [5.74, 6) is -0.645. The van der Waals surface area contributed by atoms with E-state index in [-0.39, 0.29) is 21.9 Å². The lowest BCUT2D eigenvalue weighted by molar-refractivity contribution is -0.137. The summed E-state index contributed by atoms with van der Waals surface area (Å²) in [5, 5.41) is 23.6. The average molecular weight is 445 g/mol. The number of hydrogen-bond acceptors (Lipinski definition) is 5. The fourth-order valence-corrected chi connectivity index (χ4v) is 4.99. The van der Waals surface area contributed by atoms with E-state index in [1.807, 2.05) is 0 Å². The molecule has 1 aliphatic rings. The van der Waals surface area contributed by atoms with Crippen molar-refractivity contribution in [2.24, 2.45) is 0 Å². The first-order chi connectivity index (χ1) is 14.8. The van der Waals surface area contributed by atoms with Gasteiger partial charge in [-0.05, 0) is 49.6 Å². The number of rotatable bonds is 3. The Labute approximate surface area is 180 Å². The second-order valence-electron chi connectivity index (χ2n) is 7.31. The third-order valence-electron chi connectivity index (χ3n) is 5.27. The monoisotopic (exact) mass is 445 g/mol. The van der Waals surface area contributed by atoms with Crippen molar-refractivity contribution in [3.63, 3.8) is 0 Å². The minimum atomic E-state index is -4.56. The lowest BCUT2D eigenvalue weighted by Crippen LogP contribution is -2.29. The molecule has 1 aliphatic heterocycles. The highest BCUT2D eigenvalue weighted by Crippen LogP contribution is 2.45. The maximum Gasteiger partial charge on any atom is 0.416 e. The van der Waals surface area contributed by atoms with Crippen molar-refractivity contribution in [3.05, 3.63) is 53.1 Å². The first-order valence-corrected chi connectivity index (χ1v) is 10.5. The molecular weight excluding hydrogens is 427 g/mol. The molecule has 1 fully saturated rings. The van der Waals surface area contributed by atoms with Crippen LogP contribution < -0.4 is 10.2 Å². The summed E-state index contributed by atoms with van der Waals surface area (Å²) in [7, 11) is 0. The Morgan fingerprint density at radius 1 is 1.16 bits per heavy atom. The molecular formula is C22H18F3N3O2S. The van der Waals surface area contributed by atoms with Crippen LogP contribution in [0, 0.1) is 11.3 Å². The Kier molecular flexibility index (Phi) is 5.50. The van der Waals surface area contributed by atoms with Crippen molar-refractivity contribution in [2.45, 2.75) is 25.4 Å². The third-order valence-corrected chi connectivity index (χ3v) is 6.40. The topological polar surface area (TPSA) is 76.4 Å². The van der Waals surface area contributed by atoms with E-state index in [0.29, 0.717) is 15.8 Å². The van der Waals surface area contributed by atoms with Crippen LogP contribution in [0.2, 0.25) is 0 Å². The number of nitrogens with one attached hydrogen (secondary N) is 1. The van der Waals surface area contributed by atoms with Gasteiger partial charge in [0.15, 0.2) is 0 Å². The molecule has 0 aliphatic carbocycles. The zero-order valence-electron chi connectivity index (χ0n) is 16.3. The quantitative estimate of drug-likeness (QED) is 0.539. The van der Waals surface area contributed by atoms with Crippen LogP contribution in [-0.4, -0.2) is 24.1 Å². The van der Waals surface area contributed by atoms with Gasteiger partial charge < -0.3 is 15.3 Å². The van der Waals surface area contributed by atoms with Gasteiger partial charge >= 0.3 is 6.18 Å². The van der Waals surface area contributed by atoms with Gasteiger partial charge in [0, 0.05) is 24.0 Å². The van der Waals surface area contributed by atoms with Gasteiger partial charge in [-0.15, -0.1) is 11.3 Å². The van der Waals surface area contributed by atoms with E-state index in [4.69, 9.17) is 0 Å². The molecule has 2 N–H and O–H groups in total. The zero-order chi connectivity index (χ0) is 22.2. The number of anilines is 2. The van der Waals surface area contributed by atoms with Gasteiger partial charge in [0.05, 0.1) is 21.5 Å². The smallest absolute Gasteiger partial charge is 0.416 e. The van der Waals surface area contributed by atoms with Gasteiger partial charge in [-0.2, -0.15) is 18.4 Å². The number of piperidine rings is 1. The Morgan fingerprint density at radius 3 is 2.58 bits per heavy atom. The number of carbonyl (C=O) groups excluding carboxylic acids is 1. The van der Waals surface area contributed by atoms with Gasteiger partial charge in [-0.1, -0.05) is 6.07 Å². The number of carbonyl (C=O) groups is 1. The molecule has 0 atom stereocenters. The Balaban J connectivity index is 1.73. The normalized spacial score (nSPS) is 14.5.